The molecular weight excluding hydrogens is 90.1 g/mol. The lowest BCUT2D eigenvalue weighted by Gasteiger charge is -2.03. The van der Waals surface area contributed by atoms with E-state index in [1.807, 2.05) is 0 Å². The summed E-state index contributed by atoms with van der Waals surface area (Å²) < 4.78 is 0. The minimum Gasteiger partial charge on any atom is -0.372 e. The van der Waals surface area contributed by atoms with Gasteiger partial charge in [-0.3, -0.25) is 0 Å². The van der Waals surface area contributed by atoms with E-state index in [9.17, 15) is 0 Å². The molecule has 0 rings (SSSR count). The molecule has 0 saturated heterocycles. The van der Waals surface area contributed by atoms with Crippen LogP contribution in [0.3, 0.4) is 0 Å². The van der Waals surface area contributed by atoms with Gasteiger partial charge in [-0.25, -0.2) is 0 Å². The van der Waals surface area contributed by atoms with E-state index in [0.717, 1.165) is 0 Å². The van der Waals surface area contributed by atoms with E-state index in [1.165, 1.54) is 13.0 Å². The van der Waals surface area contributed by atoms with Crippen molar-refractivity contribution in [1.82, 2.24) is 0 Å². The average molecular weight is 97.1 g/mol. The second-order valence-corrected chi connectivity index (χ2v) is 1.46. The van der Waals surface area contributed by atoms with Gasteiger partial charge in [0.1, 0.15) is 6.07 Å². The maximum Gasteiger partial charge on any atom is 0.166 e. The minimum absolute atomic E-state index is 1.19. The lowest BCUT2D eigenvalue weighted by Crippen LogP contribution is -2.15. The largest absolute Gasteiger partial charge is 0.372 e. The Morgan fingerprint density at radius 2 is 2.43 bits per heavy atom. The Labute approximate surface area is 42.7 Å². The van der Waals surface area contributed by atoms with Crippen LogP contribution in [0.25, 0.3) is 0 Å². The molecule has 0 bridgehead atoms. The molecule has 0 aromatic rings. The maximum atomic E-state index is 8.65. The smallest absolute Gasteiger partial charge is 0.166 e. The third-order valence-corrected chi connectivity index (χ3v) is 0.624. The zero-order chi connectivity index (χ0) is 5.91. The van der Waals surface area contributed by atoms with Crippen molar-refractivity contribution in [3.05, 3.63) is 12.7 Å². The first-order valence-corrected chi connectivity index (χ1v) is 1.89. The van der Waals surface area contributed by atoms with Gasteiger partial charge < -0.3 is 5.11 Å². The molecule has 0 aliphatic rings. The minimum atomic E-state index is -1.35. The molecule has 0 fully saturated rings. The van der Waals surface area contributed by atoms with E-state index in [2.05, 4.69) is 6.58 Å². The number of nitriles is 1. The third-order valence-electron chi connectivity index (χ3n) is 0.624. The fourth-order valence-corrected chi connectivity index (χ4v) is 0.0456. The number of hydrogen-bond acceptors (Lipinski definition) is 2. The molecule has 0 radical (unpaired) electrons. The highest BCUT2D eigenvalue weighted by atomic mass is 16.3. The molecule has 2 nitrogen and oxygen atoms in total. The van der Waals surface area contributed by atoms with E-state index >= 15 is 0 Å². The molecule has 38 valence electrons. The fourth-order valence-electron chi connectivity index (χ4n) is 0.0456. The van der Waals surface area contributed by atoms with Crippen molar-refractivity contribution in [2.45, 2.75) is 12.5 Å². The summed E-state index contributed by atoms with van der Waals surface area (Å²) in [6.07, 6.45) is 1.19. The average Bonchev–Trinajstić information content (AvgIpc) is 1.68. The first-order valence-electron chi connectivity index (χ1n) is 1.89. The number of hydrogen-bond donors (Lipinski definition) is 1. The Bertz CT molecular complexity index is 110. The summed E-state index contributed by atoms with van der Waals surface area (Å²) in [7, 11) is 0. The molecule has 0 heterocycles. The predicted molar refractivity (Wildman–Crippen MR) is 26.4 cm³/mol. The molecule has 0 aliphatic heterocycles. The van der Waals surface area contributed by atoms with Gasteiger partial charge >= 0.3 is 0 Å². The topological polar surface area (TPSA) is 44.0 Å². The van der Waals surface area contributed by atoms with Crippen molar-refractivity contribution < 1.29 is 5.11 Å². The normalized spacial score (nSPS) is 16.7. The molecule has 1 unspecified atom stereocenters. The molecule has 1 atom stereocenters. The summed E-state index contributed by atoms with van der Waals surface area (Å²) in [5.41, 5.74) is -1.35. The van der Waals surface area contributed by atoms with Gasteiger partial charge in [0.05, 0.1) is 0 Å². The number of nitrogens with zero attached hydrogens (tertiary/aromatic N) is 1. The van der Waals surface area contributed by atoms with Crippen molar-refractivity contribution >= 4 is 0 Å². The van der Waals surface area contributed by atoms with E-state index in [4.69, 9.17) is 10.4 Å². The fraction of sp³-hybridized carbons (Fsp3) is 0.400. The van der Waals surface area contributed by atoms with Crippen molar-refractivity contribution in [2.24, 2.45) is 0 Å². The summed E-state index contributed by atoms with van der Waals surface area (Å²) >= 11 is 0. The second kappa shape index (κ2) is 1.76. The van der Waals surface area contributed by atoms with E-state index in [1.54, 1.807) is 6.07 Å². The van der Waals surface area contributed by atoms with Gasteiger partial charge in [0, 0.05) is 0 Å². The summed E-state index contributed by atoms with van der Waals surface area (Å²) in [6, 6.07) is 1.63. The molecule has 0 spiro atoms. The zero-order valence-corrected chi connectivity index (χ0v) is 4.18. The lowest BCUT2D eigenvalue weighted by molar-refractivity contribution is 0.172. The van der Waals surface area contributed by atoms with E-state index < -0.39 is 5.60 Å². The van der Waals surface area contributed by atoms with Crippen LogP contribution < -0.4 is 0 Å². The van der Waals surface area contributed by atoms with E-state index in [0.29, 0.717) is 0 Å². The maximum absolute atomic E-state index is 8.65. The summed E-state index contributed by atoms with van der Waals surface area (Å²) in [5.74, 6) is 0. The van der Waals surface area contributed by atoms with Crippen molar-refractivity contribution in [1.29, 1.82) is 5.26 Å². The molecule has 0 saturated carbocycles. The molecule has 2 heteroatoms. The Morgan fingerprint density at radius 3 is 2.43 bits per heavy atom. The SMILES string of the molecule is C=CC(C)(O)C#N. The van der Waals surface area contributed by atoms with Gasteiger partial charge in [-0.05, 0) is 13.0 Å². The lowest BCUT2D eigenvalue weighted by atomic mass is 10.1. The number of aliphatic hydroxyl groups is 1. The Morgan fingerprint density at radius 1 is 2.00 bits per heavy atom. The highest BCUT2D eigenvalue weighted by molar-refractivity contribution is 5.08. The van der Waals surface area contributed by atoms with Crippen LogP contribution in [0.4, 0.5) is 0 Å². The molecule has 0 aromatic carbocycles. The standard InChI is InChI=1S/C5H7NO/c1-3-5(2,7)4-6/h3,7H,1H2,2H3. The zero-order valence-electron chi connectivity index (χ0n) is 4.18. The molecule has 0 aliphatic carbocycles. The van der Waals surface area contributed by atoms with Crippen LogP contribution in [0.2, 0.25) is 0 Å². The molecule has 0 aromatic heterocycles. The van der Waals surface area contributed by atoms with Crippen LogP contribution in [-0.2, 0) is 0 Å². The summed E-state index contributed by atoms with van der Waals surface area (Å²) in [4.78, 5) is 0. The Hall–Kier alpha value is -0.810. The summed E-state index contributed by atoms with van der Waals surface area (Å²) in [5, 5.41) is 16.7. The van der Waals surface area contributed by atoms with Gasteiger partial charge in [-0.1, -0.05) is 6.58 Å². The summed E-state index contributed by atoms with van der Waals surface area (Å²) in [6.45, 7) is 4.61. The van der Waals surface area contributed by atoms with Gasteiger partial charge in [-0.15, -0.1) is 0 Å². The Kier molecular flexibility index (Phi) is 1.56. The predicted octanol–water partition coefficient (Wildman–Crippen LogP) is 0.447. The molecular formula is C5H7NO. The highest BCUT2D eigenvalue weighted by Gasteiger charge is 2.10. The first-order chi connectivity index (χ1) is 3.12. The number of rotatable bonds is 1. The third kappa shape index (κ3) is 1.96. The van der Waals surface area contributed by atoms with Crippen molar-refractivity contribution in [2.75, 3.05) is 0 Å². The first kappa shape index (κ1) is 6.19. The van der Waals surface area contributed by atoms with Crippen LogP contribution in [0, 0.1) is 11.3 Å². The Balaban J connectivity index is 3.91. The van der Waals surface area contributed by atoms with Gasteiger partial charge in [0.2, 0.25) is 0 Å². The van der Waals surface area contributed by atoms with Crippen LogP contribution in [0.15, 0.2) is 12.7 Å². The highest BCUT2D eigenvalue weighted by Crippen LogP contribution is 1.98. The van der Waals surface area contributed by atoms with Gasteiger partial charge in [0.25, 0.3) is 0 Å². The molecule has 1 N–H and O–H groups in total. The van der Waals surface area contributed by atoms with Crippen molar-refractivity contribution in [3.8, 4) is 6.07 Å². The monoisotopic (exact) mass is 97.1 g/mol. The van der Waals surface area contributed by atoms with Crippen LogP contribution in [-0.4, -0.2) is 10.7 Å². The molecule has 7 heavy (non-hydrogen) atoms. The molecule has 0 amide bonds. The van der Waals surface area contributed by atoms with Crippen molar-refractivity contribution in [3.63, 3.8) is 0 Å². The van der Waals surface area contributed by atoms with Gasteiger partial charge in [0.15, 0.2) is 5.60 Å². The quantitative estimate of drug-likeness (QED) is 0.381. The van der Waals surface area contributed by atoms with Gasteiger partial charge in [-0.2, -0.15) is 5.26 Å². The second-order valence-electron chi connectivity index (χ2n) is 1.46. The van der Waals surface area contributed by atoms with Crippen LogP contribution >= 0.6 is 0 Å². The van der Waals surface area contributed by atoms with E-state index in [-0.39, 0.29) is 0 Å². The van der Waals surface area contributed by atoms with Crippen LogP contribution in [0.1, 0.15) is 6.92 Å². The van der Waals surface area contributed by atoms with Crippen LogP contribution in [0.5, 0.6) is 0 Å².